The van der Waals surface area contributed by atoms with Gasteiger partial charge in [-0.1, -0.05) is 11.3 Å². The van der Waals surface area contributed by atoms with Gasteiger partial charge >= 0.3 is 0 Å². The highest BCUT2D eigenvalue weighted by molar-refractivity contribution is 7.13. The van der Waals surface area contributed by atoms with Gasteiger partial charge in [0.2, 0.25) is 5.13 Å². The number of carbonyl (C=O) groups is 1. The maximum absolute atomic E-state index is 10.4. The molecule has 6 nitrogen and oxygen atoms in total. The molecule has 2 heterocycles. The number of aromatic nitrogens is 4. The molecule has 72 valence electrons. The molecule has 0 aliphatic rings. The Bertz CT molecular complexity index is 475. The van der Waals surface area contributed by atoms with Crippen LogP contribution in [0.25, 0.3) is 5.13 Å². The van der Waals surface area contributed by atoms with Crippen LogP contribution < -0.4 is 5.11 Å². The molecule has 0 aliphatic carbocycles. The highest BCUT2D eigenvalue weighted by Gasteiger charge is 2.05. The summed E-state index contributed by atoms with van der Waals surface area (Å²) in [7, 11) is 0. The van der Waals surface area contributed by atoms with E-state index in [0.29, 0.717) is 5.13 Å². The van der Waals surface area contributed by atoms with Gasteiger partial charge in [0.15, 0.2) is 0 Å². The lowest BCUT2D eigenvalue weighted by Gasteiger charge is -1.93. The number of carbonyl (C=O) groups excluding carboxylic acids is 1. The molecule has 7 heteroatoms. The van der Waals surface area contributed by atoms with Gasteiger partial charge < -0.3 is 9.90 Å². The van der Waals surface area contributed by atoms with E-state index in [2.05, 4.69) is 15.2 Å². The van der Waals surface area contributed by atoms with E-state index < -0.39 is 5.97 Å². The van der Waals surface area contributed by atoms with E-state index in [1.807, 2.05) is 6.92 Å². The summed E-state index contributed by atoms with van der Waals surface area (Å²) in [6.07, 6.45) is 2.71. The first kappa shape index (κ1) is 8.82. The van der Waals surface area contributed by atoms with Gasteiger partial charge in [-0.25, -0.2) is 4.98 Å². The SMILES string of the molecule is Cc1nnc(-n2cnc(C(=O)[O-])c2)s1. The van der Waals surface area contributed by atoms with Crippen LogP contribution in [0.1, 0.15) is 15.5 Å². The van der Waals surface area contributed by atoms with Crippen LogP contribution >= 0.6 is 11.3 Å². The number of aromatic carboxylic acids is 1. The third-order valence-electron chi connectivity index (χ3n) is 1.53. The van der Waals surface area contributed by atoms with Crippen LogP contribution in [0.2, 0.25) is 0 Å². The normalized spacial score (nSPS) is 10.4. The first-order chi connectivity index (χ1) is 6.66. The maximum atomic E-state index is 10.4. The van der Waals surface area contributed by atoms with Crippen molar-refractivity contribution in [1.29, 1.82) is 0 Å². The van der Waals surface area contributed by atoms with Crippen molar-refractivity contribution in [1.82, 2.24) is 19.7 Å². The number of carboxylic acids is 1. The Hall–Kier alpha value is -1.76. The molecule has 14 heavy (non-hydrogen) atoms. The average molecular weight is 209 g/mol. The molecule has 2 rings (SSSR count). The van der Waals surface area contributed by atoms with Crippen LogP contribution in [0, 0.1) is 6.92 Å². The molecule has 0 bridgehead atoms. The lowest BCUT2D eigenvalue weighted by atomic mass is 10.5. The van der Waals surface area contributed by atoms with E-state index in [1.54, 1.807) is 0 Å². The van der Waals surface area contributed by atoms with Gasteiger partial charge in [0.1, 0.15) is 17.0 Å². The fraction of sp³-hybridized carbons (Fsp3) is 0.143. The summed E-state index contributed by atoms with van der Waals surface area (Å²) in [5, 5.41) is 19.5. The topological polar surface area (TPSA) is 83.7 Å². The zero-order valence-corrected chi connectivity index (χ0v) is 7.98. The van der Waals surface area contributed by atoms with Crippen molar-refractivity contribution in [3.63, 3.8) is 0 Å². The number of carboxylic acid groups (broad SMARTS) is 1. The number of hydrogen-bond donors (Lipinski definition) is 0. The zero-order chi connectivity index (χ0) is 10.1. The third kappa shape index (κ3) is 1.49. The van der Waals surface area contributed by atoms with E-state index in [4.69, 9.17) is 0 Å². The van der Waals surface area contributed by atoms with E-state index in [0.717, 1.165) is 5.01 Å². The standard InChI is InChI=1S/C7H6N4O2S/c1-4-9-10-7(14-4)11-2-5(6(12)13)8-3-11/h2-3H,1H3,(H,12,13)/p-1. The summed E-state index contributed by atoms with van der Waals surface area (Å²) >= 11 is 1.35. The highest BCUT2D eigenvalue weighted by Crippen LogP contribution is 2.13. The zero-order valence-electron chi connectivity index (χ0n) is 7.17. The number of aryl methyl sites for hydroxylation is 1. The van der Waals surface area contributed by atoms with Crippen molar-refractivity contribution >= 4 is 17.3 Å². The van der Waals surface area contributed by atoms with Gasteiger partial charge in [-0.05, 0) is 6.92 Å². The van der Waals surface area contributed by atoms with Crippen molar-refractivity contribution in [3.05, 3.63) is 23.2 Å². The molecule has 0 aromatic carbocycles. The van der Waals surface area contributed by atoms with Crippen molar-refractivity contribution in [3.8, 4) is 5.13 Å². The van der Waals surface area contributed by atoms with Crippen LogP contribution in [0.4, 0.5) is 0 Å². The van der Waals surface area contributed by atoms with Gasteiger partial charge in [-0.15, -0.1) is 10.2 Å². The van der Waals surface area contributed by atoms with Crippen LogP contribution in [-0.2, 0) is 0 Å². The summed E-state index contributed by atoms with van der Waals surface area (Å²) in [6.45, 7) is 1.82. The summed E-state index contributed by atoms with van der Waals surface area (Å²) in [6, 6.07) is 0. The van der Waals surface area contributed by atoms with Crippen LogP contribution in [0.15, 0.2) is 12.5 Å². The molecule has 0 aliphatic heterocycles. The minimum absolute atomic E-state index is 0.113. The molecule has 0 amide bonds. The van der Waals surface area contributed by atoms with Crippen LogP contribution in [-0.4, -0.2) is 25.7 Å². The quantitative estimate of drug-likeness (QED) is 0.659. The molecule has 0 fully saturated rings. The minimum atomic E-state index is -1.30. The molecule has 0 unspecified atom stereocenters. The van der Waals surface area contributed by atoms with E-state index in [9.17, 15) is 9.90 Å². The maximum Gasteiger partial charge on any atom is 0.217 e. The summed E-state index contributed by atoms with van der Waals surface area (Å²) in [4.78, 5) is 14.1. The van der Waals surface area contributed by atoms with Crippen LogP contribution in [0.3, 0.4) is 0 Å². The fourth-order valence-corrected chi connectivity index (χ4v) is 1.56. The Balaban J connectivity index is 2.38. The Kier molecular flexibility index (Phi) is 2.01. The van der Waals surface area contributed by atoms with E-state index in [1.165, 1.54) is 28.4 Å². The molecule has 0 N–H and O–H groups in total. The molecule has 0 saturated carbocycles. The van der Waals surface area contributed by atoms with Crippen LogP contribution in [0.5, 0.6) is 0 Å². The predicted molar refractivity (Wildman–Crippen MR) is 46.1 cm³/mol. The number of imidazole rings is 1. The number of hydrogen-bond acceptors (Lipinski definition) is 6. The smallest absolute Gasteiger partial charge is 0.217 e. The largest absolute Gasteiger partial charge is 0.543 e. The summed E-state index contributed by atoms with van der Waals surface area (Å²) in [5.41, 5.74) is -0.113. The highest BCUT2D eigenvalue weighted by atomic mass is 32.1. The molecule has 2 aromatic heterocycles. The molecule has 0 spiro atoms. The first-order valence-electron chi connectivity index (χ1n) is 3.72. The van der Waals surface area contributed by atoms with E-state index >= 15 is 0 Å². The Morgan fingerprint density at radius 3 is 2.86 bits per heavy atom. The van der Waals surface area contributed by atoms with Gasteiger partial charge in [0.05, 0.1) is 5.97 Å². The lowest BCUT2D eigenvalue weighted by molar-refractivity contribution is -0.255. The number of nitrogens with zero attached hydrogens (tertiary/aromatic N) is 4. The second kappa shape index (κ2) is 3.18. The molecular weight excluding hydrogens is 204 g/mol. The van der Waals surface area contributed by atoms with Crippen molar-refractivity contribution in [2.75, 3.05) is 0 Å². The monoisotopic (exact) mass is 209 g/mol. The predicted octanol–water partition coefficient (Wildman–Crippen LogP) is -0.604. The number of rotatable bonds is 2. The third-order valence-corrected chi connectivity index (χ3v) is 2.38. The Morgan fingerprint density at radius 1 is 1.57 bits per heavy atom. The Labute approximate surface area is 82.9 Å². The fourth-order valence-electron chi connectivity index (χ4n) is 0.923. The summed E-state index contributed by atoms with van der Waals surface area (Å²) < 4.78 is 1.50. The van der Waals surface area contributed by atoms with E-state index in [-0.39, 0.29) is 5.69 Å². The lowest BCUT2D eigenvalue weighted by Crippen LogP contribution is -2.22. The van der Waals surface area contributed by atoms with Crippen molar-refractivity contribution in [2.24, 2.45) is 0 Å². The molecular formula is C7H5N4O2S-. The van der Waals surface area contributed by atoms with Gasteiger partial charge in [0.25, 0.3) is 0 Å². The molecule has 0 saturated heterocycles. The summed E-state index contributed by atoms with van der Waals surface area (Å²) in [5.74, 6) is -1.30. The average Bonchev–Trinajstić information content (AvgIpc) is 2.70. The van der Waals surface area contributed by atoms with Crippen molar-refractivity contribution < 1.29 is 9.90 Å². The Morgan fingerprint density at radius 2 is 2.36 bits per heavy atom. The first-order valence-corrected chi connectivity index (χ1v) is 4.54. The second-order valence-corrected chi connectivity index (χ2v) is 3.72. The molecule has 0 radical (unpaired) electrons. The molecule has 2 aromatic rings. The molecule has 0 atom stereocenters. The van der Waals surface area contributed by atoms with Gasteiger partial charge in [0, 0.05) is 6.20 Å². The van der Waals surface area contributed by atoms with Gasteiger partial charge in [-0.2, -0.15) is 0 Å². The minimum Gasteiger partial charge on any atom is -0.543 e. The van der Waals surface area contributed by atoms with Gasteiger partial charge in [-0.3, -0.25) is 4.57 Å². The van der Waals surface area contributed by atoms with Crippen molar-refractivity contribution in [2.45, 2.75) is 6.92 Å². The second-order valence-electron chi connectivity index (χ2n) is 2.56.